The number of benzene rings is 1. The number of amides is 2. The Balaban J connectivity index is 1.62. The van der Waals surface area contributed by atoms with Gasteiger partial charge in [-0.15, -0.1) is 0 Å². The molecule has 2 aliphatic rings. The normalized spacial score (nSPS) is 21.2. The third kappa shape index (κ3) is 8.22. The number of aromatic nitrogens is 3. The van der Waals surface area contributed by atoms with Gasteiger partial charge in [0.25, 0.3) is 5.69 Å². The third-order valence-electron chi connectivity index (χ3n) is 10.2. The summed E-state index contributed by atoms with van der Waals surface area (Å²) in [6, 6.07) is 5.18. The van der Waals surface area contributed by atoms with Crippen LogP contribution in [0.4, 0.5) is 16.2 Å². The first-order valence-corrected chi connectivity index (χ1v) is 18.2. The Hall–Kier alpha value is -4.57. The molecule has 0 bridgehead atoms. The molecule has 1 aliphatic carbocycles. The number of morpholine rings is 1. The molecule has 1 aliphatic heterocycles. The summed E-state index contributed by atoms with van der Waals surface area (Å²) < 4.78 is 24.7. The lowest BCUT2D eigenvalue weighted by Gasteiger charge is -2.50. The largest absolute Gasteiger partial charge is 0.495 e. The molecule has 3 heterocycles. The van der Waals surface area contributed by atoms with Gasteiger partial charge in [0.1, 0.15) is 17.4 Å². The second-order valence-corrected chi connectivity index (χ2v) is 16.8. The summed E-state index contributed by atoms with van der Waals surface area (Å²) in [4.78, 5) is 50.7. The van der Waals surface area contributed by atoms with E-state index in [1.165, 1.54) is 16.5 Å². The van der Waals surface area contributed by atoms with Crippen LogP contribution >= 0.6 is 0 Å². The van der Waals surface area contributed by atoms with Crippen molar-refractivity contribution >= 4 is 35.0 Å². The lowest BCUT2D eigenvalue weighted by atomic mass is 9.59. The van der Waals surface area contributed by atoms with Crippen LogP contribution in [0.2, 0.25) is 0 Å². The third-order valence-corrected chi connectivity index (χ3v) is 10.2. The predicted molar refractivity (Wildman–Crippen MR) is 198 cm³/mol. The molecule has 13 heteroatoms. The second kappa shape index (κ2) is 15.2. The molecule has 0 spiro atoms. The van der Waals surface area contributed by atoms with Gasteiger partial charge < -0.3 is 29.2 Å². The van der Waals surface area contributed by atoms with E-state index >= 15 is 0 Å². The first-order valence-electron chi connectivity index (χ1n) is 18.2. The molecule has 0 radical (unpaired) electrons. The van der Waals surface area contributed by atoms with E-state index in [0.717, 1.165) is 12.8 Å². The topological polar surface area (TPSA) is 141 Å². The molecule has 1 saturated heterocycles. The minimum Gasteiger partial charge on any atom is -0.495 e. The van der Waals surface area contributed by atoms with E-state index < -0.39 is 18.2 Å². The van der Waals surface area contributed by atoms with E-state index in [1.54, 1.807) is 18.2 Å². The average Bonchev–Trinajstić information content (AvgIpc) is 3.61. The minimum absolute atomic E-state index is 0.0657. The van der Waals surface area contributed by atoms with Crippen LogP contribution in [0, 0.1) is 41.1 Å². The number of hydrogen-bond acceptors (Lipinski definition) is 8. The van der Waals surface area contributed by atoms with Crippen LogP contribution in [-0.2, 0) is 14.3 Å². The van der Waals surface area contributed by atoms with Gasteiger partial charge in [-0.3, -0.25) is 9.89 Å². The molecule has 2 atom stereocenters. The SMILES string of the molecule is [C-]#[N+]c1c(C(=O)OC2C(C(C)(C)C)CC(C)CC2C(C)(C)C)c2nc(-c3ccc(OC)c(NC(=O)CC(C)C)c3)[nH]n2c1OC(=O)N1CCOCC1. The summed E-state index contributed by atoms with van der Waals surface area (Å²) >= 11 is 0. The fraction of sp³-hybridized carbons (Fsp3) is 0.615. The van der Waals surface area contributed by atoms with Crippen LogP contribution in [-0.4, -0.2) is 77.0 Å². The Morgan fingerprint density at radius 2 is 1.71 bits per heavy atom. The van der Waals surface area contributed by atoms with Gasteiger partial charge in [0, 0.05) is 36.9 Å². The number of aromatic amines is 1. The summed E-state index contributed by atoms with van der Waals surface area (Å²) in [6.45, 7) is 28.8. The molecule has 13 nitrogen and oxygen atoms in total. The molecule has 1 aromatic carbocycles. The highest BCUT2D eigenvalue weighted by Crippen LogP contribution is 2.50. The highest BCUT2D eigenvalue weighted by Gasteiger charge is 2.48. The molecule has 2 fully saturated rings. The fourth-order valence-corrected chi connectivity index (χ4v) is 7.46. The number of methoxy groups -OCH3 is 1. The summed E-state index contributed by atoms with van der Waals surface area (Å²) in [5.41, 5.74) is 0.520. The molecule has 5 rings (SSSR count). The van der Waals surface area contributed by atoms with Crippen molar-refractivity contribution in [2.45, 2.75) is 87.7 Å². The average molecular weight is 719 g/mol. The number of hydrogen-bond donors (Lipinski definition) is 2. The molecule has 52 heavy (non-hydrogen) atoms. The number of ether oxygens (including phenoxy) is 4. The number of fused-ring (bicyclic) bond motifs is 1. The smallest absolute Gasteiger partial charge is 0.415 e. The van der Waals surface area contributed by atoms with Crippen molar-refractivity contribution in [2.75, 3.05) is 38.7 Å². The maximum Gasteiger partial charge on any atom is 0.415 e. The van der Waals surface area contributed by atoms with Crippen LogP contribution in [0.5, 0.6) is 11.6 Å². The van der Waals surface area contributed by atoms with Crippen molar-refractivity contribution in [3.63, 3.8) is 0 Å². The highest BCUT2D eigenvalue weighted by atomic mass is 16.6. The Kier molecular flexibility index (Phi) is 11.3. The van der Waals surface area contributed by atoms with Gasteiger partial charge >= 0.3 is 12.1 Å². The van der Waals surface area contributed by atoms with Gasteiger partial charge in [-0.05, 0) is 53.7 Å². The van der Waals surface area contributed by atoms with Gasteiger partial charge in [0.15, 0.2) is 11.5 Å². The number of anilines is 1. The number of H-pyrrole nitrogens is 1. The monoisotopic (exact) mass is 718 g/mol. The van der Waals surface area contributed by atoms with E-state index in [9.17, 15) is 14.4 Å². The van der Waals surface area contributed by atoms with Crippen molar-refractivity contribution in [1.29, 1.82) is 0 Å². The van der Waals surface area contributed by atoms with Crippen molar-refractivity contribution in [3.8, 4) is 23.0 Å². The number of nitrogens with zero attached hydrogens (tertiary/aromatic N) is 4. The van der Waals surface area contributed by atoms with Gasteiger partial charge in [0.2, 0.25) is 11.8 Å². The summed E-state index contributed by atoms with van der Waals surface area (Å²) in [6.07, 6.45) is 1.03. The number of nitrogens with one attached hydrogen (secondary N) is 2. The van der Waals surface area contributed by atoms with Crippen LogP contribution in [0.25, 0.3) is 21.9 Å². The van der Waals surface area contributed by atoms with E-state index in [4.69, 9.17) is 30.5 Å². The predicted octanol–water partition coefficient (Wildman–Crippen LogP) is 7.98. The molecular formula is C39H54N6O7. The van der Waals surface area contributed by atoms with Crippen LogP contribution in [0.15, 0.2) is 18.2 Å². The zero-order valence-corrected chi connectivity index (χ0v) is 32.2. The summed E-state index contributed by atoms with van der Waals surface area (Å²) in [5.74, 6) is 0.475. The quantitative estimate of drug-likeness (QED) is 0.177. The Labute approximate surface area is 306 Å². The summed E-state index contributed by atoms with van der Waals surface area (Å²) in [7, 11) is 1.52. The van der Waals surface area contributed by atoms with Crippen molar-refractivity contribution in [3.05, 3.63) is 35.2 Å². The number of carbonyl (C=O) groups excluding carboxylic acids is 3. The van der Waals surface area contributed by atoms with E-state index in [2.05, 4.69) is 63.7 Å². The molecule has 2 amide bonds. The zero-order valence-electron chi connectivity index (χ0n) is 32.2. The second-order valence-electron chi connectivity index (χ2n) is 16.8. The van der Waals surface area contributed by atoms with Gasteiger partial charge in [-0.25, -0.2) is 23.9 Å². The fourth-order valence-electron chi connectivity index (χ4n) is 7.46. The van der Waals surface area contributed by atoms with Gasteiger partial charge in [0.05, 0.1) is 32.6 Å². The first-order chi connectivity index (χ1) is 24.4. The zero-order chi connectivity index (χ0) is 38.1. The van der Waals surface area contributed by atoms with Gasteiger partial charge in [-0.2, -0.15) is 0 Å². The maximum absolute atomic E-state index is 14.6. The molecule has 1 saturated carbocycles. The van der Waals surface area contributed by atoms with Gasteiger partial charge in [-0.1, -0.05) is 62.3 Å². The van der Waals surface area contributed by atoms with Crippen molar-refractivity contribution in [2.24, 2.45) is 34.5 Å². The lowest BCUT2D eigenvalue weighted by Crippen LogP contribution is -2.49. The van der Waals surface area contributed by atoms with Crippen LogP contribution < -0.4 is 14.8 Å². The molecule has 2 aromatic heterocycles. The number of esters is 1. The maximum atomic E-state index is 14.6. The molecular weight excluding hydrogens is 664 g/mol. The van der Waals surface area contributed by atoms with Crippen LogP contribution in [0.3, 0.4) is 0 Å². The Morgan fingerprint density at radius 3 is 2.27 bits per heavy atom. The molecule has 282 valence electrons. The van der Waals surface area contributed by atoms with E-state index in [1.807, 2.05) is 13.8 Å². The van der Waals surface area contributed by atoms with Crippen LogP contribution in [0.1, 0.15) is 91.9 Å². The van der Waals surface area contributed by atoms with E-state index in [-0.39, 0.29) is 57.3 Å². The molecule has 2 N–H and O–H groups in total. The van der Waals surface area contributed by atoms with Crippen molar-refractivity contribution < 1.29 is 33.3 Å². The lowest BCUT2D eigenvalue weighted by molar-refractivity contribution is -0.116. The highest BCUT2D eigenvalue weighted by molar-refractivity contribution is 6.05. The standard InChI is InChI=1S/C39H54N6O7/c1-22(2)18-29(46)41-27-21-24(12-13-28(27)49-11)33-42-34-30(31(40-10)35(45(34)43-33)52-37(48)44-14-16-50-17-15-44)36(47)51-32-25(38(4,5)6)19-23(3)20-26(32)39(7,8)9/h12-13,21-23,25-26,32H,14-20H2,1-9,11H3,(H,41,46)(H,42,43). The Morgan fingerprint density at radius 1 is 1.08 bits per heavy atom. The Bertz CT molecular complexity index is 1810. The summed E-state index contributed by atoms with van der Waals surface area (Å²) in [5, 5.41) is 6.07. The number of rotatable bonds is 8. The van der Waals surface area contributed by atoms with E-state index in [0.29, 0.717) is 61.5 Å². The first kappa shape index (κ1) is 38.7. The molecule has 2 unspecified atom stereocenters. The van der Waals surface area contributed by atoms with Crippen molar-refractivity contribution in [1.82, 2.24) is 19.5 Å². The number of carbonyl (C=O) groups is 3. The minimum atomic E-state index is -0.699. The molecule has 3 aromatic rings.